The Bertz CT molecular complexity index is 732. The van der Waals surface area contributed by atoms with Crippen LogP contribution in [0.2, 0.25) is 0 Å². The number of hydrogen-bond donors (Lipinski definition) is 1. The monoisotopic (exact) mass is 395 g/mol. The zero-order valence-corrected chi connectivity index (χ0v) is 16.3. The van der Waals surface area contributed by atoms with Crippen molar-refractivity contribution in [1.82, 2.24) is 4.90 Å². The molecule has 1 fully saturated rings. The van der Waals surface area contributed by atoms with E-state index in [0.717, 1.165) is 5.56 Å². The highest BCUT2D eigenvalue weighted by atomic mass is 32.2. The normalized spacial score (nSPS) is 15.6. The fourth-order valence-corrected chi connectivity index (χ4v) is 3.69. The van der Waals surface area contributed by atoms with Gasteiger partial charge < -0.3 is 14.6 Å². The van der Waals surface area contributed by atoms with Gasteiger partial charge in [0.15, 0.2) is 0 Å². The summed E-state index contributed by atoms with van der Waals surface area (Å²) in [6.45, 7) is 5.14. The number of benzene rings is 1. The van der Waals surface area contributed by atoms with Crippen molar-refractivity contribution in [3.05, 3.63) is 28.7 Å². The van der Waals surface area contributed by atoms with Crippen molar-refractivity contribution < 1.29 is 24.2 Å². The molecule has 1 aliphatic heterocycles. The molecule has 1 N–H and O–H groups in total. The van der Waals surface area contributed by atoms with E-state index in [1.807, 2.05) is 26.0 Å². The molecule has 0 saturated carbocycles. The third-order valence-corrected chi connectivity index (χ3v) is 4.91. The van der Waals surface area contributed by atoms with Crippen LogP contribution >= 0.6 is 24.0 Å². The summed E-state index contributed by atoms with van der Waals surface area (Å²) in [5, 5.41) is 8.73. The molecule has 1 aliphatic rings. The van der Waals surface area contributed by atoms with E-state index < -0.39 is 5.97 Å². The van der Waals surface area contributed by atoms with Crippen molar-refractivity contribution in [2.45, 2.75) is 26.7 Å². The summed E-state index contributed by atoms with van der Waals surface area (Å²) in [6.07, 6.45) is 2.11. The van der Waals surface area contributed by atoms with Gasteiger partial charge >= 0.3 is 5.97 Å². The Balaban J connectivity index is 2.19. The van der Waals surface area contributed by atoms with E-state index in [1.165, 1.54) is 16.7 Å². The molecule has 1 heterocycles. The topological polar surface area (TPSA) is 76.1 Å². The molecule has 2 rings (SSSR count). The molecule has 0 atom stereocenters. The first-order valence-corrected chi connectivity index (χ1v) is 9.55. The SMILES string of the molecule is CCOc1ccc(/C=C2\SC(=S)N(CCCC(=O)O)C2=O)c(OCC)c1. The number of hydrogen-bond acceptors (Lipinski definition) is 6. The fraction of sp³-hybridized carbons (Fsp3) is 0.389. The molecular formula is C18H21NO5S2. The van der Waals surface area contributed by atoms with E-state index in [1.54, 1.807) is 12.1 Å². The van der Waals surface area contributed by atoms with Gasteiger partial charge in [0.05, 0.1) is 18.1 Å². The molecular weight excluding hydrogens is 374 g/mol. The number of thiocarbonyl (C=S) groups is 1. The minimum atomic E-state index is -0.887. The number of carboxylic acids is 1. The van der Waals surface area contributed by atoms with Gasteiger partial charge in [0.25, 0.3) is 5.91 Å². The minimum Gasteiger partial charge on any atom is -0.494 e. The average Bonchev–Trinajstić information content (AvgIpc) is 2.85. The number of carboxylic acid groups (broad SMARTS) is 1. The Labute approximate surface area is 162 Å². The van der Waals surface area contributed by atoms with Crippen LogP contribution < -0.4 is 9.47 Å². The van der Waals surface area contributed by atoms with Crippen molar-refractivity contribution in [1.29, 1.82) is 0 Å². The predicted octanol–water partition coefficient (Wildman–Crippen LogP) is 3.55. The number of amides is 1. The smallest absolute Gasteiger partial charge is 0.303 e. The van der Waals surface area contributed by atoms with Crippen LogP contribution in [0.1, 0.15) is 32.3 Å². The second kappa shape index (κ2) is 9.59. The van der Waals surface area contributed by atoms with Crippen LogP contribution in [0, 0.1) is 0 Å². The number of rotatable bonds is 9. The van der Waals surface area contributed by atoms with Gasteiger partial charge in [-0.15, -0.1) is 0 Å². The molecule has 0 radical (unpaired) electrons. The lowest BCUT2D eigenvalue weighted by Gasteiger charge is -2.13. The first kappa shape index (κ1) is 20.3. The van der Waals surface area contributed by atoms with Crippen molar-refractivity contribution in [3.63, 3.8) is 0 Å². The molecule has 8 heteroatoms. The summed E-state index contributed by atoms with van der Waals surface area (Å²) in [6, 6.07) is 5.46. The van der Waals surface area contributed by atoms with Gasteiger partial charge in [0.2, 0.25) is 0 Å². The highest BCUT2D eigenvalue weighted by molar-refractivity contribution is 8.26. The van der Waals surface area contributed by atoms with E-state index in [2.05, 4.69) is 0 Å². The van der Waals surface area contributed by atoms with Gasteiger partial charge in [-0.25, -0.2) is 0 Å². The summed E-state index contributed by atoms with van der Waals surface area (Å²) >= 11 is 6.47. The molecule has 0 aliphatic carbocycles. The van der Waals surface area contributed by atoms with Gasteiger partial charge in [-0.3, -0.25) is 14.5 Å². The quantitative estimate of drug-likeness (QED) is 0.506. The lowest BCUT2D eigenvalue weighted by atomic mass is 10.1. The zero-order valence-electron chi connectivity index (χ0n) is 14.7. The summed E-state index contributed by atoms with van der Waals surface area (Å²) in [5.74, 6) is 0.243. The number of aliphatic carboxylic acids is 1. The Kier molecular flexibility index (Phi) is 7.47. The van der Waals surface area contributed by atoms with Crippen LogP contribution in [0.4, 0.5) is 0 Å². The molecule has 1 saturated heterocycles. The van der Waals surface area contributed by atoms with E-state index in [-0.39, 0.29) is 12.3 Å². The molecule has 6 nitrogen and oxygen atoms in total. The van der Waals surface area contributed by atoms with Gasteiger partial charge in [-0.1, -0.05) is 24.0 Å². The summed E-state index contributed by atoms with van der Waals surface area (Å²) in [4.78, 5) is 25.2. The Morgan fingerprint density at radius 2 is 2.04 bits per heavy atom. The maximum Gasteiger partial charge on any atom is 0.303 e. The van der Waals surface area contributed by atoms with Gasteiger partial charge in [-0.2, -0.15) is 0 Å². The molecule has 0 aromatic heterocycles. The summed E-state index contributed by atoms with van der Waals surface area (Å²) in [7, 11) is 0. The molecule has 140 valence electrons. The maximum atomic E-state index is 12.6. The minimum absolute atomic E-state index is 0.00346. The molecule has 0 bridgehead atoms. The molecule has 0 spiro atoms. The third-order valence-electron chi connectivity index (χ3n) is 3.53. The van der Waals surface area contributed by atoms with Crippen LogP contribution in [0.5, 0.6) is 11.5 Å². The molecule has 0 unspecified atom stereocenters. The highest BCUT2D eigenvalue weighted by Crippen LogP contribution is 2.35. The van der Waals surface area contributed by atoms with Crippen molar-refractivity contribution >= 4 is 46.3 Å². The number of carbonyl (C=O) groups excluding carboxylic acids is 1. The standard InChI is InChI=1S/C18H21NO5S2/c1-3-23-13-8-7-12(14(11-13)24-4-2)10-15-17(22)19(18(25)26-15)9-5-6-16(20)21/h7-8,10-11H,3-6,9H2,1-2H3,(H,20,21)/b15-10-. The summed E-state index contributed by atoms with van der Waals surface area (Å²) < 4.78 is 11.6. The van der Waals surface area contributed by atoms with Crippen molar-refractivity contribution in [2.75, 3.05) is 19.8 Å². The fourth-order valence-electron chi connectivity index (χ4n) is 2.39. The number of nitrogens with zero attached hydrogens (tertiary/aromatic N) is 1. The largest absolute Gasteiger partial charge is 0.494 e. The van der Waals surface area contributed by atoms with E-state index in [4.69, 9.17) is 26.8 Å². The number of ether oxygens (including phenoxy) is 2. The third kappa shape index (κ3) is 5.22. The lowest BCUT2D eigenvalue weighted by molar-refractivity contribution is -0.137. The van der Waals surface area contributed by atoms with Crippen LogP contribution in [0.25, 0.3) is 6.08 Å². The van der Waals surface area contributed by atoms with E-state index in [9.17, 15) is 9.59 Å². The average molecular weight is 396 g/mol. The Morgan fingerprint density at radius 3 is 2.69 bits per heavy atom. The van der Waals surface area contributed by atoms with Crippen LogP contribution in [-0.4, -0.2) is 46.0 Å². The van der Waals surface area contributed by atoms with E-state index in [0.29, 0.717) is 46.9 Å². The predicted molar refractivity (Wildman–Crippen MR) is 106 cm³/mol. The Hall–Kier alpha value is -2.06. The van der Waals surface area contributed by atoms with E-state index >= 15 is 0 Å². The van der Waals surface area contributed by atoms with Crippen molar-refractivity contribution in [3.8, 4) is 11.5 Å². The van der Waals surface area contributed by atoms with Crippen molar-refractivity contribution in [2.24, 2.45) is 0 Å². The molecule has 26 heavy (non-hydrogen) atoms. The number of carbonyl (C=O) groups is 2. The Morgan fingerprint density at radius 1 is 1.31 bits per heavy atom. The second-order valence-electron chi connectivity index (χ2n) is 5.40. The van der Waals surface area contributed by atoms with Gasteiger partial charge in [0, 0.05) is 24.6 Å². The highest BCUT2D eigenvalue weighted by Gasteiger charge is 2.31. The summed E-state index contributed by atoms with van der Waals surface area (Å²) in [5.41, 5.74) is 0.765. The first-order valence-electron chi connectivity index (χ1n) is 8.33. The van der Waals surface area contributed by atoms with Crippen LogP contribution in [0.15, 0.2) is 23.1 Å². The zero-order chi connectivity index (χ0) is 19.1. The van der Waals surface area contributed by atoms with Gasteiger partial charge in [0.1, 0.15) is 15.8 Å². The molecule has 1 aromatic carbocycles. The number of thioether (sulfide) groups is 1. The first-order chi connectivity index (χ1) is 12.5. The molecule has 1 amide bonds. The lowest BCUT2D eigenvalue weighted by Crippen LogP contribution is -2.29. The van der Waals surface area contributed by atoms with Crippen LogP contribution in [0.3, 0.4) is 0 Å². The second-order valence-corrected chi connectivity index (χ2v) is 7.07. The van der Waals surface area contributed by atoms with Crippen LogP contribution in [-0.2, 0) is 9.59 Å². The molecule has 1 aromatic rings. The maximum absolute atomic E-state index is 12.6. The van der Waals surface area contributed by atoms with Gasteiger partial charge in [-0.05, 0) is 38.5 Å².